The Morgan fingerprint density at radius 2 is 1.55 bits per heavy atom. The molecule has 0 spiro atoms. The van der Waals surface area contributed by atoms with Gasteiger partial charge < -0.3 is 0 Å². The van der Waals surface area contributed by atoms with Crippen molar-refractivity contribution in [3.63, 3.8) is 0 Å². The maximum atomic E-state index is 2.36. The van der Waals surface area contributed by atoms with Crippen molar-refractivity contribution in [3.05, 3.63) is 28.8 Å². The van der Waals surface area contributed by atoms with Crippen LogP contribution < -0.4 is 3.69 Å². The summed E-state index contributed by atoms with van der Waals surface area (Å²) in [7, 11) is 0. The fraction of sp³-hybridized carbons (Fsp3) is 0.400. The first-order valence-corrected chi connectivity index (χ1v) is 6.34. The molecule has 1 aromatic rings. The average molecular weight is 159 g/mol. The predicted octanol–water partition coefficient (Wildman–Crippen LogP) is 1.99. The fourth-order valence-electron chi connectivity index (χ4n) is 1.55. The predicted molar refractivity (Wildman–Crippen MR) is 51.9 cm³/mol. The van der Waals surface area contributed by atoms with Crippen molar-refractivity contribution in [2.45, 2.75) is 25.8 Å². The van der Waals surface area contributed by atoms with Gasteiger partial charge in [0.25, 0.3) is 0 Å². The molecule has 1 rings (SSSR count). The molecule has 0 aliphatic carbocycles. The lowest BCUT2D eigenvalue weighted by Gasteiger charge is -2.10. The first-order valence-electron chi connectivity index (χ1n) is 4.22. The van der Waals surface area contributed by atoms with Crippen molar-refractivity contribution in [2.75, 3.05) is 0 Å². The van der Waals surface area contributed by atoms with Crippen LogP contribution in [0.2, 0.25) is 5.05 Å². The van der Waals surface area contributed by atoms with E-state index < -0.39 is 0 Å². The second kappa shape index (κ2) is 3.59. The van der Waals surface area contributed by atoms with Gasteiger partial charge in [-0.15, -0.1) is 5.05 Å². The van der Waals surface area contributed by atoms with Crippen LogP contribution in [0.25, 0.3) is 0 Å². The molecule has 0 bridgehead atoms. The van der Waals surface area contributed by atoms with E-state index >= 15 is 0 Å². The van der Waals surface area contributed by atoms with Crippen LogP contribution in [-0.2, 0) is 0 Å². The quantitative estimate of drug-likeness (QED) is 0.549. The molecule has 1 aromatic carbocycles. The first-order chi connectivity index (χ1) is 5.16. The molecular formula is C10H14Mg. The lowest BCUT2D eigenvalue weighted by molar-refractivity contribution is 1.33. The van der Waals surface area contributed by atoms with Crippen LogP contribution in [0, 0.1) is 20.8 Å². The molecule has 0 fully saturated rings. The molecule has 0 unspecified atom stereocenters. The molecule has 1 heteroatoms. The normalized spacial score (nSPS) is 9.45. The van der Waals surface area contributed by atoms with Crippen LogP contribution >= 0.6 is 0 Å². The smallest absolute Gasteiger partial charge is 0.168 e. The molecule has 11 heavy (non-hydrogen) atoms. The van der Waals surface area contributed by atoms with Crippen molar-refractivity contribution in [1.29, 1.82) is 0 Å². The molecular weight excluding hydrogens is 144 g/mol. The van der Waals surface area contributed by atoms with Gasteiger partial charge in [0.1, 0.15) is 0 Å². The van der Waals surface area contributed by atoms with Crippen molar-refractivity contribution < 1.29 is 0 Å². The summed E-state index contributed by atoms with van der Waals surface area (Å²) in [6, 6.07) is 4.46. The Labute approximate surface area is 78.7 Å². The second-order valence-electron chi connectivity index (χ2n) is 3.16. The summed E-state index contributed by atoms with van der Waals surface area (Å²) in [5.41, 5.74) is 4.46. The summed E-state index contributed by atoms with van der Waals surface area (Å²) in [6.45, 7) is 6.66. The molecule has 0 radical (unpaired) electrons. The number of rotatable bonds is 1. The van der Waals surface area contributed by atoms with Crippen LogP contribution in [0.1, 0.15) is 16.7 Å². The van der Waals surface area contributed by atoms with Gasteiger partial charge in [-0.2, -0.15) is 3.69 Å². The van der Waals surface area contributed by atoms with Gasteiger partial charge in [-0.05, 0) is 20.8 Å². The first kappa shape index (κ1) is 9.08. The van der Waals surface area contributed by atoms with Gasteiger partial charge in [0.15, 0.2) is 0 Å². The SMILES string of the molecule is [CH3][Mg][c]1c(C)ccc(C)c1C. The maximum absolute atomic E-state index is 2.36. The van der Waals surface area contributed by atoms with E-state index in [1.54, 1.807) is 3.69 Å². The van der Waals surface area contributed by atoms with Gasteiger partial charge in [-0.1, -0.05) is 28.8 Å². The lowest BCUT2D eigenvalue weighted by atomic mass is 10.1. The van der Waals surface area contributed by atoms with E-state index in [0.717, 1.165) is 0 Å². The molecule has 56 valence electrons. The Balaban J connectivity index is 3.29. The topological polar surface area (TPSA) is 0 Å². The Bertz CT molecular complexity index is 264. The van der Waals surface area contributed by atoms with E-state index in [-0.39, 0.29) is 20.4 Å². The van der Waals surface area contributed by atoms with Crippen molar-refractivity contribution >= 4 is 24.1 Å². The summed E-state index contributed by atoms with van der Waals surface area (Å²) < 4.78 is 1.66. The molecule has 0 amide bonds. The summed E-state index contributed by atoms with van der Waals surface area (Å²) >= 11 is 0.0120. The molecule has 0 atom stereocenters. The highest BCUT2D eigenvalue weighted by Gasteiger charge is 2.02. The fourth-order valence-corrected chi connectivity index (χ4v) is 3.04. The molecule has 0 aromatic heterocycles. The summed E-state index contributed by atoms with van der Waals surface area (Å²) in [6.07, 6.45) is 0. The maximum Gasteiger partial charge on any atom is 0.405 e. The minimum absolute atomic E-state index is 0.0120. The number of hydrogen-bond donors (Lipinski definition) is 0. The third-order valence-electron chi connectivity index (χ3n) is 2.46. The Morgan fingerprint density at radius 1 is 1.00 bits per heavy atom. The number of hydrogen-bond acceptors (Lipinski definition) is 0. The molecule has 0 aliphatic rings. The lowest BCUT2D eigenvalue weighted by Crippen LogP contribution is -2.19. The Kier molecular flexibility index (Phi) is 2.96. The van der Waals surface area contributed by atoms with Gasteiger partial charge in [0, 0.05) is 0 Å². The van der Waals surface area contributed by atoms with Crippen molar-refractivity contribution in [1.82, 2.24) is 0 Å². The van der Waals surface area contributed by atoms with Gasteiger partial charge in [0.2, 0.25) is 0 Å². The van der Waals surface area contributed by atoms with E-state index in [9.17, 15) is 0 Å². The largest absolute Gasteiger partial charge is 0.405 e. The highest BCUT2D eigenvalue weighted by Crippen LogP contribution is 2.05. The van der Waals surface area contributed by atoms with E-state index in [0.29, 0.717) is 0 Å². The number of benzene rings is 1. The zero-order chi connectivity index (χ0) is 8.43. The summed E-state index contributed by atoms with van der Waals surface area (Å²) in [5.74, 6) is 0. The monoisotopic (exact) mass is 158 g/mol. The summed E-state index contributed by atoms with van der Waals surface area (Å²) in [4.78, 5) is 0. The third kappa shape index (κ3) is 1.77. The Hall–Kier alpha value is -0.0138. The number of aryl methyl sites for hydroxylation is 2. The minimum atomic E-state index is 0.0120. The van der Waals surface area contributed by atoms with Crippen LogP contribution in [0.4, 0.5) is 0 Å². The van der Waals surface area contributed by atoms with E-state index in [1.807, 2.05) is 0 Å². The highest BCUT2D eigenvalue weighted by atomic mass is 24.5. The standard InChI is InChI=1S/C9H11.CH3.Mg/c1-7-4-5-8(2)9(3)6-7;;/h4-5H,1-3H3;1H3;. The van der Waals surface area contributed by atoms with E-state index in [1.165, 1.54) is 16.7 Å². The summed E-state index contributed by atoms with van der Waals surface area (Å²) in [5, 5.41) is 2.36. The molecule has 0 N–H and O–H groups in total. The molecule has 0 saturated heterocycles. The van der Waals surface area contributed by atoms with E-state index in [4.69, 9.17) is 0 Å². The zero-order valence-corrected chi connectivity index (χ0v) is 9.28. The molecule has 0 nitrogen and oxygen atoms in total. The molecule has 0 heterocycles. The Morgan fingerprint density at radius 3 is 2.00 bits per heavy atom. The third-order valence-corrected chi connectivity index (χ3v) is 4.25. The van der Waals surface area contributed by atoms with Crippen LogP contribution in [-0.4, -0.2) is 20.4 Å². The van der Waals surface area contributed by atoms with E-state index in [2.05, 4.69) is 38.0 Å². The van der Waals surface area contributed by atoms with Crippen molar-refractivity contribution in [2.24, 2.45) is 0 Å². The minimum Gasteiger partial charge on any atom is -0.168 e. The van der Waals surface area contributed by atoms with Gasteiger partial charge in [-0.3, -0.25) is 0 Å². The van der Waals surface area contributed by atoms with Crippen LogP contribution in [0.3, 0.4) is 0 Å². The molecule has 0 aliphatic heterocycles. The van der Waals surface area contributed by atoms with Gasteiger partial charge >= 0.3 is 20.4 Å². The average Bonchev–Trinajstić information content (AvgIpc) is 1.99. The van der Waals surface area contributed by atoms with Crippen molar-refractivity contribution in [3.8, 4) is 0 Å². The highest BCUT2D eigenvalue weighted by molar-refractivity contribution is 6.53. The van der Waals surface area contributed by atoms with Crippen LogP contribution in [0.15, 0.2) is 12.1 Å². The van der Waals surface area contributed by atoms with Gasteiger partial charge in [-0.25, -0.2) is 0 Å². The second-order valence-corrected chi connectivity index (χ2v) is 4.57. The van der Waals surface area contributed by atoms with Crippen LogP contribution in [0.5, 0.6) is 0 Å². The molecule has 0 saturated carbocycles. The zero-order valence-electron chi connectivity index (χ0n) is 7.86. The van der Waals surface area contributed by atoms with Gasteiger partial charge in [0.05, 0.1) is 0 Å².